The van der Waals surface area contributed by atoms with E-state index in [1.54, 1.807) is 0 Å². The average molecular weight is 989 g/mol. The van der Waals surface area contributed by atoms with Crippen molar-refractivity contribution < 1.29 is 73.8 Å². The quantitative estimate of drug-likeness (QED) is 0.0139. The molecule has 15 heteroatoms. The third kappa shape index (κ3) is 28.5. The molecule has 398 valence electrons. The molecule has 0 aromatic heterocycles. The van der Waals surface area contributed by atoms with Crippen molar-refractivity contribution in [3.8, 4) is 0 Å². The second-order valence-corrected chi connectivity index (χ2v) is 17.7. The van der Waals surface area contributed by atoms with E-state index in [1.807, 2.05) is 36.5 Å². The Morgan fingerprint density at radius 1 is 0.486 bits per heavy atom. The van der Waals surface area contributed by atoms with Crippen molar-refractivity contribution in [2.75, 3.05) is 26.4 Å². The first-order valence-electron chi connectivity index (χ1n) is 25.9. The molecular formula is C55H88O15. The van der Waals surface area contributed by atoms with Gasteiger partial charge in [0.2, 0.25) is 0 Å². The topological polar surface area (TPSA) is 231 Å². The zero-order valence-electron chi connectivity index (χ0n) is 42.0. The molecule has 15 nitrogen and oxygen atoms in total. The standard InChI is InChI=1S/C55H88O15/c1-3-5-7-9-11-13-15-17-18-19-20-21-22-23-24-26-27-29-31-33-35-37-46(57)65-40-43(68-47(58)38-36-34-32-30-28-25-16-14-12-10-8-6-4-2)41-66-54-53(64)51(62)49(60)45(70-54)42-67-55-52(63)50(61)48(59)44(39-56)69-55/h6,8,10-14,16-18,20-21,23-25,28,43-45,48-56,59-64H,3-5,7,9,15,19,22,26-27,29-42H2,1-2H3/b8-6+,12-10+,13-11+,16-14+,18-17+,21-20+,24-23+,28-25+/t43?,44-,45-,48+,49+,50?,51?,52?,53?,54-,55-/m1/s1. The molecule has 0 aromatic carbocycles. The number of hydrogen-bond donors (Lipinski definition) is 7. The van der Waals surface area contributed by atoms with E-state index in [9.17, 15) is 45.3 Å². The molecule has 11 atom stereocenters. The predicted octanol–water partition coefficient (Wildman–Crippen LogP) is 7.37. The van der Waals surface area contributed by atoms with Crippen LogP contribution >= 0.6 is 0 Å². The van der Waals surface area contributed by atoms with E-state index in [4.69, 9.17) is 28.4 Å². The van der Waals surface area contributed by atoms with Gasteiger partial charge < -0.3 is 64.2 Å². The average Bonchev–Trinajstić information content (AvgIpc) is 3.35. The van der Waals surface area contributed by atoms with Crippen LogP contribution in [0.15, 0.2) is 97.2 Å². The maximum Gasteiger partial charge on any atom is 0.306 e. The van der Waals surface area contributed by atoms with Gasteiger partial charge in [-0.25, -0.2) is 0 Å². The van der Waals surface area contributed by atoms with Crippen molar-refractivity contribution in [1.29, 1.82) is 0 Å². The monoisotopic (exact) mass is 989 g/mol. The van der Waals surface area contributed by atoms with Crippen LogP contribution in [-0.2, 0) is 38.0 Å². The molecule has 70 heavy (non-hydrogen) atoms. The number of carbonyl (C=O) groups is 2. The van der Waals surface area contributed by atoms with Crippen LogP contribution in [0, 0.1) is 0 Å². The van der Waals surface area contributed by atoms with Gasteiger partial charge in [-0.15, -0.1) is 0 Å². The molecule has 0 aliphatic carbocycles. The summed E-state index contributed by atoms with van der Waals surface area (Å²) in [6.45, 7) is 2.33. The van der Waals surface area contributed by atoms with Crippen molar-refractivity contribution in [2.45, 2.75) is 210 Å². The molecule has 2 aliphatic rings. The molecule has 0 radical (unpaired) electrons. The van der Waals surface area contributed by atoms with Crippen LogP contribution in [0.2, 0.25) is 0 Å². The van der Waals surface area contributed by atoms with Gasteiger partial charge in [-0.3, -0.25) is 9.59 Å². The number of aliphatic hydroxyl groups is 7. The van der Waals surface area contributed by atoms with Crippen LogP contribution in [0.3, 0.4) is 0 Å². The van der Waals surface area contributed by atoms with Gasteiger partial charge in [0.15, 0.2) is 18.7 Å². The summed E-state index contributed by atoms with van der Waals surface area (Å²) >= 11 is 0. The summed E-state index contributed by atoms with van der Waals surface area (Å²) in [5, 5.41) is 72.1. The highest BCUT2D eigenvalue weighted by Gasteiger charge is 2.47. The fraction of sp³-hybridized carbons (Fsp3) is 0.673. The molecule has 2 heterocycles. The zero-order chi connectivity index (χ0) is 51.0. The Morgan fingerprint density at radius 2 is 0.957 bits per heavy atom. The Kier molecular flexibility index (Phi) is 36.6. The van der Waals surface area contributed by atoms with Crippen molar-refractivity contribution in [3.05, 3.63) is 97.2 Å². The van der Waals surface area contributed by atoms with Crippen molar-refractivity contribution in [2.24, 2.45) is 0 Å². The molecule has 0 amide bonds. The normalized spacial score (nSPS) is 26.2. The predicted molar refractivity (Wildman–Crippen MR) is 270 cm³/mol. The summed E-state index contributed by atoms with van der Waals surface area (Å²) in [5.41, 5.74) is 0. The molecular weight excluding hydrogens is 901 g/mol. The van der Waals surface area contributed by atoms with Crippen LogP contribution in [0.1, 0.15) is 142 Å². The van der Waals surface area contributed by atoms with Gasteiger partial charge in [0.25, 0.3) is 0 Å². The number of ether oxygens (including phenoxy) is 6. The summed E-state index contributed by atoms with van der Waals surface area (Å²) in [6.07, 6.45) is 34.4. The molecule has 0 saturated carbocycles. The number of rotatable bonds is 38. The summed E-state index contributed by atoms with van der Waals surface area (Å²) in [7, 11) is 0. The lowest BCUT2D eigenvalue weighted by atomic mass is 9.98. The lowest BCUT2D eigenvalue weighted by molar-refractivity contribution is -0.332. The largest absolute Gasteiger partial charge is 0.462 e. The molecule has 2 rings (SSSR count). The Morgan fingerprint density at radius 3 is 1.56 bits per heavy atom. The Balaban J connectivity index is 1.81. The van der Waals surface area contributed by atoms with Crippen LogP contribution in [0.25, 0.3) is 0 Å². The van der Waals surface area contributed by atoms with Gasteiger partial charge in [-0.05, 0) is 77.0 Å². The Hall–Kier alpha value is -3.58. The van der Waals surface area contributed by atoms with Gasteiger partial charge in [0.1, 0.15) is 55.4 Å². The smallest absolute Gasteiger partial charge is 0.306 e. The summed E-state index contributed by atoms with van der Waals surface area (Å²) in [4.78, 5) is 25.7. The summed E-state index contributed by atoms with van der Waals surface area (Å²) in [5.74, 6) is -1.00. The number of unbranched alkanes of at least 4 members (excludes halogenated alkanes) is 11. The first kappa shape index (κ1) is 62.5. The number of hydrogen-bond acceptors (Lipinski definition) is 15. The number of aliphatic hydroxyl groups excluding tert-OH is 7. The third-order valence-corrected chi connectivity index (χ3v) is 11.6. The molecule has 0 bridgehead atoms. The molecule has 2 fully saturated rings. The Bertz CT molecular complexity index is 1580. The Labute approximate surface area is 417 Å². The van der Waals surface area contributed by atoms with E-state index in [1.165, 1.54) is 25.7 Å². The molecule has 5 unspecified atom stereocenters. The van der Waals surface area contributed by atoms with Crippen molar-refractivity contribution >= 4 is 11.9 Å². The number of carbonyl (C=O) groups excluding carboxylic acids is 2. The van der Waals surface area contributed by atoms with Gasteiger partial charge >= 0.3 is 11.9 Å². The fourth-order valence-corrected chi connectivity index (χ4v) is 7.39. The van der Waals surface area contributed by atoms with Gasteiger partial charge in [0.05, 0.1) is 19.8 Å². The van der Waals surface area contributed by atoms with Crippen LogP contribution in [0.4, 0.5) is 0 Å². The molecule has 0 spiro atoms. The fourth-order valence-electron chi connectivity index (χ4n) is 7.39. The van der Waals surface area contributed by atoms with Crippen molar-refractivity contribution in [1.82, 2.24) is 0 Å². The van der Waals surface area contributed by atoms with E-state index in [-0.39, 0.29) is 19.4 Å². The molecule has 2 aliphatic heterocycles. The van der Waals surface area contributed by atoms with E-state index in [0.717, 1.165) is 77.0 Å². The number of allylic oxidation sites excluding steroid dienone is 16. The SMILES string of the molecule is CC/C=C/C=C/C=C/C=C/CCCCCC(=O)OC(COC(=O)CCCCCCC/C=C/C/C=C/C/C=C/C/C=C/CCCCC)CO[C@@H]1O[C@H](CO[C@@H]2O[C@H](CO)[C@H](O)C(O)C2O)[C@H](O)C(O)C1O. The molecule has 0 aromatic rings. The highest BCUT2D eigenvalue weighted by Crippen LogP contribution is 2.26. The number of esters is 2. The van der Waals surface area contributed by atoms with Gasteiger partial charge in [-0.2, -0.15) is 0 Å². The minimum atomic E-state index is -1.78. The first-order chi connectivity index (χ1) is 34.0. The minimum Gasteiger partial charge on any atom is -0.462 e. The van der Waals surface area contributed by atoms with E-state index >= 15 is 0 Å². The lowest BCUT2D eigenvalue weighted by Gasteiger charge is -2.42. The van der Waals surface area contributed by atoms with Crippen LogP contribution in [0.5, 0.6) is 0 Å². The van der Waals surface area contributed by atoms with Gasteiger partial charge in [-0.1, -0.05) is 150 Å². The van der Waals surface area contributed by atoms with Gasteiger partial charge in [0, 0.05) is 12.8 Å². The van der Waals surface area contributed by atoms with E-state index in [2.05, 4.69) is 74.6 Å². The maximum absolute atomic E-state index is 13.0. The zero-order valence-corrected chi connectivity index (χ0v) is 42.0. The van der Waals surface area contributed by atoms with E-state index < -0.39 is 99.3 Å². The van der Waals surface area contributed by atoms with Crippen molar-refractivity contribution in [3.63, 3.8) is 0 Å². The molecule has 2 saturated heterocycles. The second-order valence-electron chi connectivity index (χ2n) is 17.7. The van der Waals surface area contributed by atoms with E-state index in [0.29, 0.717) is 12.8 Å². The van der Waals surface area contributed by atoms with Crippen LogP contribution in [-0.4, -0.2) is 142 Å². The summed E-state index contributed by atoms with van der Waals surface area (Å²) < 4.78 is 33.5. The second kappa shape index (κ2) is 41.0. The first-order valence-corrected chi connectivity index (χ1v) is 25.9. The van der Waals surface area contributed by atoms with Crippen LogP contribution < -0.4 is 0 Å². The maximum atomic E-state index is 13.0. The lowest BCUT2D eigenvalue weighted by Crippen LogP contribution is -2.61. The minimum absolute atomic E-state index is 0.109. The highest BCUT2D eigenvalue weighted by atomic mass is 16.7. The summed E-state index contributed by atoms with van der Waals surface area (Å²) in [6, 6.07) is 0. The highest BCUT2D eigenvalue weighted by molar-refractivity contribution is 5.70. The molecule has 7 N–H and O–H groups in total. The third-order valence-electron chi connectivity index (χ3n) is 11.6.